The standard InChI is InChI=1S/C18H23N3O4S2/c1-15-4-6-17(7-5-15)26(22,23)20-13-16-8-11-21(12-9-16)27(24,25)18-3-2-10-19-14-18/h2-7,10,14,16,20H,8-9,11-13H2,1H3. The molecule has 2 heterocycles. The minimum atomic E-state index is -3.55. The van der Waals surface area contributed by atoms with Gasteiger partial charge in [-0.25, -0.2) is 21.6 Å². The second-order valence-corrected chi connectivity index (χ2v) is 10.4. The molecule has 3 rings (SSSR count). The summed E-state index contributed by atoms with van der Waals surface area (Å²) in [6.07, 6.45) is 4.09. The first kappa shape index (κ1) is 19.9. The quantitative estimate of drug-likeness (QED) is 0.784. The molecule has 9 heteroatoms. The molecule has 146 valence electrons. The largest absolute Gasteiger partial charge is 0.263 e. The lowest BCUT2D eigenvalue weighted by molar-refractivity contribution is 0.274. The molecule has 7 nitrogen and oxygen atoms in total. The maximum absolute atomic E-state index is 12.6. The molecule has 1 aliphatic heterocycles. The van der Waals surface area contributed by atoms with Gasteiger partial charge in [-0.3, -0.25) is 4.98 Å². The van der Waals surface area contributed by atoms with Crippen LogP contribution in [0.25, 0.3) is 0 Å². The lowest BCUT2D eigenvalue weighted by Gasteiger charge is -2.31. The lowest BCUT2D eigenvalue weighted by Crippen LogP contribution is -2.41. The highest BCUT2D eigenvalue weighted by molar-refractivity contribution is 7.89. The Bertz CT molecular complexity index is 967. The van der Waals surface area contributed by atoms with E-state index in [1.54, 1.807) is 30.3 Å². The first-order valence-electron chi connectivity index (χ1n) is 8.75. The van der Waals surface area contributed by atoms with E-state index in [9.17, 15) is 16.8 Å². The van der Waals surface area contributed by atoms with Crippen molar-refractivity contribution in [2.75, 3.05) is 19.6 Å². The summed E-state index contributed by atoms with van der Waals surface area (Å²) in [4.78, 5) is 4.29. The van der Waals surface area contributed by atoms with E-state index in [1.807, 2.05) is 6.92 Å². The molecule has 0 unspecified atom stereocenters. The highest BCUT2D eigenvalue weighted by Gasteiger charge is 2.30. The van der Waals surface area contributed by atoms with Gasteiger partial charge in [-0.1, -0.05) is 17.7 Å². The first-order chi connectivity index (χ1) is 12.8. The number of nitrogens with one attached hydrogen (secondary N) is 1. The molecule has 27 heavy (non-hydrogen) atoms. The van der Waals surface area contributed by atoms with Gasteiger partial charge in [0.1, 0.15) is 4.90 Å². The summed E-state index contributed by atoms with van der Waals surface area (Å²) in [5, 5.41) is 0. The average molecular weight is 410 g/mol. The minimum absolute atomic E-state index is 0.102. The van der Waals surface area contributed by atoms with E-state index < -0.39 is 20.0 Å². The summed E-state index contributed by atoms with van der Waals surface area (Å²) in [7, 11) is -7.10. The molecule has 0 atom stereocenters. The van der Waals surface area contributed by atoms with Crippen molar-refractivity contribution in [1.82, 2.24) is 14.0 Å². The van der Waals surface area contributed by atoms with Crippen molar-refractivity contribution < 1.29 is 16.8 Å². The monoisotopic (exact) mass is 409 g/mol. The van der Waals surface area contributed by atoms with Crippen molar-refractivity contribution in [2.24, 2.45) is 5.92 Å². The number of aryl methyl sites for hydroxylation is 1. The predicted octanol–water partition coefficient (Wildman–Crippen LogP) is 1.77. The molecule has 0 radical (unpaired) electrons. The van der Waals surface area contributed by atoms with Gasteiger partial charge in [0.25, 0.3) is 0 Å². The number of pyridine rings is 1. The zero-order chi connectivity index (χ0) is 19.5. The molecular weight excluding hydrogens is 386 g/mol. The molecule has 0 spiro atoms. The maximum Gasteiger partial charge on any atom is 0.244 e. The number of piperidine rings is 1. The van der Waals surface area contributed by atoms with Gasteiger partial charge in [0.15, 0.2) is 0 Å². The molecule has 2 aromatic rings. The average Bonchev–Trinajstić information content (AvgIpc) is 2.68. The Morgan fingerprint density at radius 3 is 2.30 bits per heavy atom. The fraction of sp³-hybridized carbons (Fsp3) is 0.389. The molecule has 0 bridgehead atoms. The molecule has 1 aromatic heterocycles. The fourth-order valence-electron chi connectivity index (χ4n) is 3.03. The third-order valence-electron chi connectivity index (χ3n) is 4.74. The number of hydrogen-bond donors (Lipinski definition) is 1. The van der Waals surface area contributed by atoms with E-state index in [4.69, 9.17) is 0 Å². The predicted molar refractivity (Wildman–Crippen MR) is 102 cm³/mol. The molecule has 0 aliphatic carbocycles. The Morgan fingerprint density at radius 2 is 1.70 bits per heavy atom. The summed E-state index contributed by atoms with van der Waals surface area (Å²) in [6.45, 7) is 2.94. The number of hydrogen-bond acceptors (Lipinski definition) is 5. The van der Waals surface area contributed by atoms with Crippen molar-refractivity contribution in [2.45, 2.75) is 29.6 Å². The van der Waals surface area contributed by atoms with Crippen molar-refractivity contribution in [3.63, 3.8) is 0 Å². The smallest absolute Gasteiger partial charge is 0.244 e. The minimum Gasteiger partial charge on any atom is -0.263 e. The summed E-state index contributed by atoms with van der Waals surface area (Å²) in [5.41, 5.74) is 0.996. The molecule has 1 aliphatic rings. The molecule has 0 saturated carbocycles. The Kier molecular flexibility index (Phi) is 5.95. The third-order valence-corrected chi connectivity index (χ3v) is 8.06. The molecule has 1 fully saturated rings. The summed E-state index contributed by atoms with van der Waals surface area (Å²) in [5.74, 6) is 0.102. The van der Waals surface area contributed by atoms with Gasteiger partial charge in [-0.2, -0.15) is 4.31 Å². The number of benzene rings is 1. The van der Waals surface area contributed by atoms with Crippen LogP contribution in [0.3, 0.4) is 0 Å². The normalized spacial score (nSPS) is 17.1. The third kappa shape index (κ3) is 4.73. The van der Waals surface area contributed by atoms with Crippen LogP contribution in [-0.4, -0.2) is 45.8 Å². The number of rotatable bonds is 6. The van der Waals surface area contributed by atoms with Crippen molar-refractivity contribution in [3.8, 4) is 0 Å². The Morgan fingerprint density at radius 1 is 1.04 bits per heavy atom. The number of nitrogens with zero attached hydrogens (tertiary/aromatic N) is 2. The SMILES string of the molecule is Cc1ccc(S(=O)(=O)NCC2CCN(S(=O)(=O)c3cccnc3)CC2)cc1. The highest BCUT2D eigenvalue weighted by Crippen LogP contribution is 2.23. The van der Waals surface area contributed by atoms with E-state index in [1.165, 1.54) is 22.8 Å². The lowest BCUT2D eigenvalue weighted by atomic mass is 9.99. The van der Waals surface area contributed by atoms with Gasteiger partial charge in [0.05, 0.1) is 4.90 Å². The Labute approximate surface area is 160 Å². The van der Waals surface area contributed by atoms with Crippen LogP contribution in [0.5, 0.6) is 0 Å². The second-order valence-electron chi connectivity index (χ2n) is 6.70. The molecular formula is C18H23N3O4S2. The van der Waals surface area contributed by atoms with Gasteiger partial charge >= 0.3 is 0 Å². The van der Waals surface area contributed by atoms with E-state index in [0.29, 0.717) is 32.5 Å². The number of aromatic nitrogens is 1. The zero-order valence-corrected chi connectivity index (χ0v) is 16.7. The van der Waals surface area contributed by atoms with Crippen molar-refractivity contribution in [1.29, 1.82) is 0 Å². The van der Waals surface area contributed by atoms with E-state index >= 15 is 0 Å². The fourth-order valence-corrected chi connectivity index (χ4v) is 5.58. The molecule has 0 amide bonds. The van der Waals surface area contributed by atoms with E-state index in [-0.39, 0.29) is 15.7 Å². The van der Waals surface area contributed by atoms with Crippen LogP contribution >= 0.6 is 0 Å². The summed E-state index contributed by atoms with van der Waals surface area (Å²) >= 11 is 0. The summed E-state index contributed by atoms with van der Waals surface area (Å²) in [6, 6.07) is 9.82. The number of sulfonamides is 2. The Hall–Kier alpha value is -1.81. The van der Waals surface area contributed by atoms with Crippen LogP contribution in [0.15, 0.2) is 58.6 Å². The second kappa shape index (κ2) is 8.05. The van der Waals surface area contributed by atoms with Crippen molar-refractivity contribution >= 4 is 20.0 Å². The van der Waals surface area contributed by atoms with Gasteiger partial charge in [0, 0.05) is 32.0 Å². The molecule has 1 saturated heterocycles. The van der Waals surface area contributed by atoms with E-state index in [2.05, 4.69) is 9.71 Å². The zero-order valence-electron chi connectivity index (χ0n) is 15.1. The van der Waals surface area contributed by atoms with Gasteiger partial charge in [-0.05, 0) is 49.9 Å². The van der Waals surface area contributed by atoms with Crippen LogP contribution in [0.2, 0.25) is 0 Å². The van der Waals surface area contributed by atoms with Crippen LogP contribution in [0, 0.1) is 12.8 Å². The highest BCUT2D eigenvalue weighted by atomic mass is 32.2. The van der Waals surface area contributed by atoms with Gasteiger partial charge in [-0.15, -0.1) is 0 Å². The first-order valence-corrected chi connectivity index (χ1v) is 11.7. The topological polar surface area (TPSA) is 96.4 Å². The molecule has 1 N–H and O–H groups in total. The molecule has 1 aromatic carbocycles. The van der Waals surface area contributed by atoms with Crippen LogP contribution in [-0.2, 0) is 20.0 Å². The van der Waals surface area contributed by atoms with Gasteiger partial charge < -0.3 is 0 Å². The maximum atomic E-state index is 12.6. The van der Waals surface area contributed by atoms with Crippen LogP contribution in [0.4, 0.5) is 0 Å². The van der Waals surface area contributed by atoms with Crippen LogP contribution < -0.4 is 4.72 Å². The van der Waals surface area contributed by atoms with Crippen molar-refractivity contribution in [3.05, 3.63) is 54.4 Å². The summed E-state index contributed by atoms with van der Waals surface area (Å²) < 4.78 is 54.0. The van der Waals surface area contributed by atoms with E-state index in [0.717, 1.165) is 5.56 Å². The van der Waals surface area contributed by atoms with Crippen LogP contribution in [0.1, 0.15) is 18.4 Å². The van der Waals surface area contributed by atoms with Gasteiger partial charge in [0.2, 0.25) is 20.0 Å². The Balaban J connectivity index is 1.56.